The normalized spacial score (nSPS) is 12.4. The Balaban J connectivity index is 2.17. The van der Waals surface area contributed by atoms with Crippen molar-refractivity contribution in [1.82, 2.24) is 24.7 Å². The summed E-state index contributed by atoms with van der Waals surface area (Å²) in [7, 11) is 2.38. The van der Waals surface area contributed by atoms with E-state index in [1.165, 1.54) is 7.05 Å². The summed E-state index contributed by atoms with van der Waals surface area (Å²) < 4.78 is 84.3. The molecule has 13 heteroatoms. The van der Waals surface area contributed by atoms with Crippen LogP contribution in [0.1, 0.15) is 16.2 Å². The first-order valence-corrected chi connectivity index (χ1v) is 7.37. The van der Waals surface area contributed by atoms with Crippen LogP contribution in [0.15, 0.2) is 18.2 Å². The van der Waals surface area contributed by atoms with Gasteiger partial charge in [-0.1, -0.05) is 0 Å². The van der Waals surface area contributed by atoms with E-state index in [0.717, 1.165) is 23.8 Å². The first-order valence-electron chi connectivity index (χ1n) is 7.37. The third-order valence-corrected chi connectivity index (χ3v) is 3.75. The number of methoxy groups -OCH3 is 1. The second-order valence-corrected chi connectivity index (χ2v) is 5.52. The number of alkyl halides is 5. The molecule has 3 aromatic heterocycles. The maximum Gasteiger partial charge on any atom is 0.459 e. The molecule has 0 unspecified atom stereocenters. The van der Waals surface area contributed by atoms with Crippen LogP contribution >= 0.6 is 0 Å². The minimum Gasteiger partial charge on any atom is -0.464 e. The molecule has 0 saturated carbocycles. The van der Waals surface area contributed by atoms with Gasteiger partial charge in [0.15, 0.2) is 17.3 Å². The average molecular weight is 405 g/mol. The summed E-state index contributed by atoms with van der Waals surface area (Å²) in [6.07, 6.45) is -5.88. The highest BCUT2D eigenvalue weighted by atomic mass is 19.4. The first-order chi connectivity index (χ1) is 13.0. The van der Waals surface area contributed by atoms with Gasteiger partial charge in [-0.2, -0.15) is 22.0 Å². The first kappa shape index (κ1) is 19.5. The molecule has 7 nitrogen and oxygen atoms in total. The second-order valence-electron chi connectivity index (χ2n) is 5.52. The van der Waals surface area contributed by atoms with Gasteiger partial charge < -0.3 is 9.30 Å². The summed E-state index contributed by atoms with van der Waals surface area (Å²) in [5.41, 5.74) is -2.96. The minimum absolute atomic E-state index is 0.193. The van der Waals surface area contributed by atoms with E-state index < -0.39 is 40.8 Å². The molecule has 148 valence electrons. The number of esters is 1. The van der Waals surface area contributed by atoms with Crippen molar-refractivity contribution >= 4 is 17.1 Å². The molecule has 0 aliphatic rings. The van der Waals surface area contributed by atoms with Crippen molar-refractivity contribution in [2.75, 3.05) is 7.11 Å². The molecule has 0 radical (unpaired) electrons. The highest BCUT2D eigenvalue weighted by Gasteiger charge is 2.60. The van der Waals surface area contributed by atoms with E-state index in [0.29, 0.717) is 6.07 Å². The molecule has 0 bridgehead atoms. The molecule has 0 atom stereocenters. The third kappa shape index (κ3) is 3.01. The van der Waals surface area contributed by atoms with Crippen LogP contribution in [0.4, 0.5) is 26.3 Å². The van der Waals surface area contributed by atoms with Gasteiger partial charge in [0.2, 0.25) is 0 Å². The number of imidazole rings is 1. The van der Waals surface area contributed by atoms with Gasteiger partial charge in [-0.3, -0.25) is 0 Å². The van der Waals surface area contributed by atoms with E-state index in [9.17, 15) is 31.1 Å². The van der Waals surface area contributed by atoms with Crippen molar-refractivity contribution in [2.45, 2.75) is 12.1 Å². The van der Waals surface area contributed by atoms with Gasteiger partial charge in [0.05, 0.1) is 7.11 Å². The zero-order valence-corrected chi connectivity index (χ0v) is 14.1. The number of halogens is 6. The fourth-order valence-corrected chi connectivity index (χ4v) is 2.31. The maximum absolute atomic E-state index is 14.2. The lowest BCUT2D eigenvalue weighted by Gasteiger charge is -2.17. The van der Waals surface area contributed by atoms with Crippen LogP contribution in [-0.4, -0.2) is 44.0 Å². The van der Waals surface area contributed by atoms with E-state index in [2.05, 4.69) is 24.9 Å². The summed E-state index contributed by atoms with van der Waals surface area (Å²) in [5.74, 6) is -7.30. The number of fused-ring (bicyclic) bond motifs is 1. The Labute approximate surface area is 152 Å². The van der Waals surface area contributed by atoms with Crippen LogP contribution in [0.2, 0.25) is 0 Å². The molecule has 0 saturated heterocycles. The lowest BCUT2D eigenvalue weighted by Crippen LogP contribution is -2.34. The van der Waals surface area contributed by atoms with Crippen molar-refractivity contribution in [3.8, 4) is 11.5 Å². The summed E-state index contributed by atoms with van der Waals surface area (Å²) >= 11 is 0. The Morgan fingerprint density at radius 2 is 1.79 bits per heavy atom. The number of pyridine rings is 1. The van der Waals surface area contributed by atoms with E-state index in [1.807, 2.05) is 0 Å². The largest absolute Gasteiger partial charge is 0.464 e. The molecule has 3 heterocycles. The highest BCUT2D eigenvalue weighted by Crippen LogP contribution is 2.43. The summed E-state index contributed by atoms with van der Waals surface area (Å²) in [4.78, 5) is 19.2. The molecule has 0 N–H and O–H groups in total. The molecular formula is C15H9F6N5O2. The van der Waals surface area contributed by atoms with Gasteiger partial charge in [-0.05, 0) is 18.2 Å². The topological polar surface area (TPSA) is 82.8 Å². The van der Waals surface area contributed by atoms with Crippen LogP contribution in [0.5, 0.6) is 0 Å². The standard InChI is InChI=1S/C15H9F6N5O2/c1-26-11-8(5-9(24-25-11)14(17,18)15(19,20)21)23-12(26)10-6(16)3-4-7(22-10)13(27)28-2/h3-5H,1-2H3. The van der Waals surface area contributed by atoms with Crippen LogP contribution in [-0.2, 0) is 17.7 Å². The van der Waals surface area contributed by atoms with E-state index in [1.54, 1.807) is 0 Å². The van der Waals surface area contributed by atoms with E-state index in [4.69, 9.17) is 0 Å². The number of hydrogen-bond acceptors (Lipinski definition) is 6. The number of nitrogens with zero attached hydrogens (tertiary/aromatic N) is 5. The maximum atomic E-state index is 14.2. The van der Waals surface area contributed by atoms with Crippen molar-refractivity contribution < 1.29 is 35.9 Å². The molecule has 3 aromatic rings. The second kappa shape index (κ2) is 6.42. The van der Waals surface area contributed by atoms with Crippen LogP contribution < -0.4 is 0 Å². The molecule has 0 amide bonds. The van der Waals surface area contributed by atoms with Crippen molar-refractivity contribution in [3.05, 3.63) is 35.4 Å². The van der Waals surface area contributed by atoms with Crippen LogP contribution in [0.3, 0.4) is 0 Å². The lowest BCUT2D eigenvalue weighted by atomic mass is 10.2. The Morgan fingerprint density at radius 1 is 1.11 bits per heavy atom. The molecular weight excluding hydrogens is 396 g/mol. The number of carbonyl (C=O) groups excluding carboxylic acids is 1. The number of aryl methyl sites for hydroxylation is 1. The smallest absolute Gasteiger partial charge is 0.459 e. The van der Waals surface area contributed by atoms with Gasteiger partial charge in [0.1, 0.15) is 22.6 Å². The molecule has 0 aromatic carbocycles. The van der Waals surface area contributed by atoms with Crippen molar-refractivity contribution in [1.29, 1.82) is 0 Å². The zero-order valence-electron chi connectivity index (χ0n) is 14.1. The van der Waals surface area contributed by atoms with Crippen LogP contribution in [0, 0.1) is 5.82 Å². The average Bonchev–Trinajstić information content (AvgIpc) is 2.96. The Hall–Kier alpha value is -3.25. The molecule has 0 spiro atoms. The van der Waals surface area contributed by atoms with Crippen LogP contribution in [0.25, 0.3) is 22.7 Å². The molecule has 0 aliphatic heterocycles. The van der Waals surface area contributed by atoms with E-state index >= 15 is 0 Å². The van der Waals surface area contributed by atoms with Gasteiger partial charge in [0.25, 0.3) is 0 Å². The van der Waals surface area contributed by atoms with Gasteiger partial charge >= 0.3 is 18.1 Å². The Morgan fingerprint density at radius 3 is 2.39 bits per heavy atom. The number of hydrogen-bond donors (Lipinski definition) is 0. The number of aromatic nitrogens is 5. The molecule has 0 fully saturated rings. The van der Waals surface area contributed by atoms with Gasteiger partial charge in [-0.25, -0.2) is 19.2 Å². The van der Waals surface area contributed by atoms with Crippen molar-refractivity contribution in [3.63, 3.8) is 0 Å². The predicted molar refractivity (Wildman–Crippen MR) is 80.8 cm³/mol. The summed E-state index contributed by atoms with van der Waals surface area (Å²) in [5, 5.41) is 6.26. The van der Waals surface area contributed by atoms with E-state index in [-0.39, 0.29) is 17.2 Å². The quantitative estimate of drug-likeness (QED) is 0.492. The SMILES string of the molecule is COC(=O)c1ccc(F)c(-c2nc3cc(C(F)(F)C(F)(F)F)nnc3n2C)n1. The lowest BCUT2D eigenvalue weighted by molar-refractivity contribution is -0.291. The number of carbonyl (C=O) groups is 1. The summed E-state index contributed by atoms with van der Waals surface area (Å²) in [6, 6.07) is 2.36. The highest BCUT2D eigenvalue weighted by molar-refractivity contribution is 5.88. The number of ether oxygens (including phenoxy) is 1. The number of rotatable bonds is 3. The monoisotopic (exact) mass is 405 g/mol. The van der Waals surface area contributed by atoms with Gasteiger partial charge in [0, 0.05) is 7.05 Å². The third-order valence-electron chi connectivity index (χ3n) is 3.75. The predicted octanol–water partition coefficient (Wildman–Crippen LogP) is 3.01. The van der Waals surface area contributed by atoms with Crippen molar-refractivity contribution in [2.24, 2.45) is 7.05 Å². The van der Waals surface area contributed by atoms with Gasteiger partial charge in [-0.15, -0.1) is 10.2 Å². The molecule has 28 heavy (non-hydrogen) atoms. The minimum atomic E-state index is -5.88. The summed E-state index contributed by atoms with van der Waals surface area (Å²) in [6.45, 7) is 0. The Kier molecular flexibility index (Phi) is 4.47. The zero-order chi connectivity index (χ0) is 20.9. The molecule has 0 aliphatic carbocycles. The fraction of sp³-hybridized carbons (Fsp3) is 0.267. The Bertz CT molecular complexity index is 1080. The fourth-order valence-electron chi connectivity index (χ4n) is 2.31. The molecule has 3 rings (SSSR count).